The molecule has 2 fully saturated rings. The van der Waals surface area contributed by atoms with Crippen LogP contribution in [0.2, 0.25) is 0 Å². The molecule has 2 nitrogen and oxygen atoms in total. The maximum absolute atomic E-state index is 12.4. The van der Waals surface area contributed by atoms with E-state index < -0.39 is 0 Å². The van der Waals surface area contributed by atoms with Crippen LogP contribution in [-0.4, -0.2) is 11.6 Å². The molecular weight excluding hydrogens is 212 g/mol. The van der Waals surface area contributed by atoms with Gasteiger partial charge in [-0.1, -0.05) is 12.5 Å². The number of hydrogen-bond acceptors (Lipinski definition) is 2. The van der Waals surface area contributed by atoms with Crippen molar-refractivity contribution in [2.45, 2.75) is 59.0 Å². The average molecular weight is 236 g/mol. The van der Waals surface area contributed by atoms with E-state index in [1.807, 2.05) is 6.92 Å². The van der Waals surface area contributed by atoms with E-state index in [1.165, 1.54) is 0 Å². The van der Waals surface area contributed by atoms with Crippen molar-refractivity contribution in [2.75, 3.05) is 0 Å². The Morgan fingerprint density at radius 3 is 2.71 bits per heavy atom. The van der Waals surface area contributed by atoms with Crippen LogP contribution in [0.3, 0.4) is 0 Å². The number of carbonyl (C=O) groups is 1. The quantitative estimate of drug-likeness (QED) is 0.551. The molecule has 0 spiro atoms. The van der Waals surface area contributed by atoms with Gasteiger partial charge >= 0.3 is 5.97 Å². The van der Waals surface area contributed by atoms with Gasteiger partial charge < -0.3 is 4.74 Å². The minimum atomic E-state index is -0.281. The fourth-order valence-corrected chi connectivity index (χ4v) is 3.93. The normalized spacial score (nSPS) is 38.9. The number of hydrogen-bond donors (Lipinski definition) is 0. The first kappa shape index (κ1) is 12.7. The van der Waals surface area contributed by atoms with E-state index in [-0.39, 0.29) is 17.0 Å². The van der Waals surface area contributed by atoms with Crippen molar-refractivity contribution in [3.05, 3.63) is 12.2 Å². The third-order valence-corrected chi connectivity index (χ3v) is 4.93. The van der Waals surface area contributed by atoms with Crippen LogP contribution in [0.15, 0.2) is 12.2 Å². The van der Waals surface area contributed by atoms with Crippen LogP contribution in [0.25, 0.3) is 0 Å². The Kier molecular flexibility index (Phi) is 2.87. The summed E-state index contributed by atoms with van der Waals surface area (Å²) in [7, 11) is 0. The number of fused-ring (bicyclic) bond motifs is 1. The second kappa shape index (κ2) is 3.86. The molecular formula is C15H24O2. The molecule has 2 aliphatic rings. The smallest absolute Gasteiger partial charge is 0.313 e. The van der Waals surface area contributed by atoms with E-state index in [0.29, 0.717) is 11.8 Å². The van der Waals surface area contributed by atoms with E-state index >= 15 is 0 Å². The second-order valence-corrected chi connectivity index (χ2v) is 6.52. The largest absolute Gasteiger partial charge is 0.459 e. The molecule has 1 aliphatic carbocycles. The summed E-state index contributed by atoms with van der Waals surface area (Å²) in [4.78, 5) is 12.4. The standard InChI is InChI=1S/C15H24O2/c1-10(2)8-9-15-11(3)6-7-12(15)14(4,5)17-13(15)16/h11-12H,1,6-9H2,2-5H3/t11-,12+,15+/m1/s1. The number of ether oxygens (including phenoxy) is 1. The zero-order chi connectivity index (χ0) is 12.8. The van der Waals surface area contributed by atoms with E-state index in [1.54, 1.807) is 0 Å². The summed E-state index contributed by atoms with van der Waals surface area (Å²) in [5, 5.41) is 0. The van der Waals surface area contributed by atoms with E-state index in [2.05, 4.69) is 27.4 Å². The highest BCUT2D eigenvalue weighted by atomic mass is 16.6. The van der Waals surface area contributed by atoms with Gasteiger partial charge in [0.05, 0.1) is 5.41 Å². The number of esters is 1. The molecule has 17 heavy (non-hydrogen) atoms. The summed E-state index contributed by atoms with van der Waals surface area (Å²) >= 11 is 0. The van der Waals surface area contributed by atoms with Gasteiger partial charge in [-0.05, 0) is 52.4 Å². The number of cyclic esters (lactones) is 1. The Bertz CT molecular complexity index is 356. The van der Waals surface area contributed by atoms with Gasteiger partial charge in [0.2, 0.25) is 0 Å². The monoisotopic (exact) mass is 236 g/mol. The number of carbonyl (C=O) groups excluding carboxylic acids is 1. The van der Waals surface area contributed by atoms with Gasteiger partial charge in [0.15, 0.2) is 0 Å². The Hall–Kier alpha value is -0.790. The Morgan fingerprint density at radius 2 is 2.12 bits per heavy atom. The number of allylic oxidation sites excluding steroid dienone is 1. The third kappa shape index (κ3) is 1.73. The first-order valence-corrected chi connectivity index (χ1v) is 6.68. The molecule has 2 rings (SSSR count). The van der Waals surface area contributed by atoms with Gasteiger partial charge in [-0.3, -0.25) is 4.79 Å². The predicted octanol–water partition coefficient (Wildman–Crippen LogP) is 3.71. The molecule has 0 bridgehead atoms. The van der Waals surface area contributed by atoms with Gasteiger partial charge in [0, 0.05) is 5.92 Å². The lowest BCUT2D eigenvalue weighted by Gasteiger charge is -2.32. The highest BCUT2D eigenvalue weighted by Gasteiger charge is 2.65. The van der Waals surface area contributed by atoms with Crippen molar-refractivity contribution in [1.82, 2.24) is 0 Å². The van der Waals surface area contributed by atoms with Crippen molar-refractivity contribution in [1.29, 1.82) is 0 Å². The van der Waals surface area contributed by atoms with Crippen molar-refractivity contribution in [3.8, 4) is 0 Å². The Morgan fingerprint density at radius 1 is 1.47 bits per heavy atom. The molecule has 0 radical (unpaired) electrons. The molecule has 1 heterocycles. The summed E-state index contributed by atoms with van der Waals surface area (Å²) in [5.74, 6) is 0.872. The summed E-state index contributed by atoms with van der Waals surface area (Å²) < 4.78 is 5.65. The topological polar surface area (TPSA) is 26.3 Å². The van der Waals surface area contributed by atoms with Gasteiger partial charge in [0.1, 0.15) is 5.60 Å². The minimum Gasteiger partial charge on any atom is -0.459 e. The third-order valence-electron chi connectivity index (χ3n) is 4.93. The Balaban J connectivity index is 2.31. The molecule has 1 aliphatic heterocycles. The lowest BCUT2D eigenvalue weighted by molar-refractivity contribution is -0.154. The molecule has 0 amide bonds. The minimum absolute atomic E-state index is 0.0405. The first-order valence-electron chi connectivity index (χ1n) is 6.68. The molecule has 3 atom stereocenters. The molecule has 2 heteroatoms. The van der Waals surface area contributed by atoms with Crippen LogP contribution >= 0.6 is 0 Å². The van der Waals surface area contributed by atoms with Crippen LogP contribution in [0, 0.1) is 17.3 Å². The molecule has 0 N–H and O–H groups in total. The highest BCUT2D eigenvalue weighted by Crippen LogP contribution is 2.60. The van der Waals surface area contributed by atoms with Crippen molar-refractivity contribution >= 4 is 5.97 Å². The summed E-state index contributed by atoms with van der Waals surface area (Å²) in [5.41, 5.74) is 0.647. The molecule has 0 aromatic carbocycles. The SMILES string of the molecule is C=C(C)CC[C@@]12C(=O)OC(C)(C)[C@@H]1CC[C@H]2C. The van der Waals surface area contributed by atoms with Crippen LogP contribution in [0.1, 0.15) is 53.4 Å². The maximum Gasteiger partial charge on any atom is 0.313 e. The zero-order valence-corrected chi connectivity index (χ0v) is 11.5. The number of rotatable bonds is 3. The maximum atomic E-state index is 12.4. The average Bonchev–Trinajstić information content (AvgIpc) is 2.62. The Labute approximate surface area is 104 Å². The lowest BCUT2D eigenvalue weighted by atomic mass is 9.66. The van der Waals surface area contributed by atoms with Crippen LogP contribution in [0.4, 0.5) is 0 Å². The van der Waals surface area contributed by atoms with Gasteiger partial charge in [-0.25, -0.2) is 0 Å². The van der Waals surface area contributed by atoms with Crippen LogP contribution < -0.4 is 0 Å². The van der Waals surface area contributed by atoms with Gasteiger partial charge in [-0.15, -0.1) is 6.58 Å². The highest BCUT2D eigenvalue weighted by molar-refractivity contribution is 5.81. The summed E-state index contributed by atoms with van der Waals surface area (Å²) in [6, 6.07) is 0. The first-order chi connectivity index (χ1) is 7.80. The molecule has 0 aromatic rings. The zero-order valence-electron chi connectivity index (χ0n) is 11.5. The van der Waals surface area contributed by atoms with Crippen molar-refractivity contribution < 1.29 is 9.53 Å². The van der Waals surface area contributed by atoms with Crippen molar-refractivity contribution in [3.63, 3.8) is 0 Å². The molecule has 1 saturated heterocycles. The molecule has 96 valence electrons. The van der Waals surface area contributed by atoms with Crippen LogP contribution in [0.5, 0.6) is 0 Å². The molecule has 0 unspecified atom stereocenters. The molecule has 0 aromatic heterocycles. The lowest BCUT2D eigenvalue weighted by Crippen LogP contribution is -2.37. The van der Waals surface area contributed by atoms with E-state index in [4.69, 9.17) is 4.74 Å². The van der Waals surface area contributed by atoms with E-state index in [0.717, 1.165) is 31.3 Å². The predicted molar refractivity (Wildman–Crippen MR) is 68.5 cm³/mol. The van der Waals surface area contributed by atoms with Crippen LogP contribution in [-0.2, 0) is 9.53 Å². The fourth-order valence-electron chi connectivity index (χ4n) is 3.93. The van der Waals surface area contributed by atoms with Gasteiger partial charge in [0.25, 0.3) is 0 Å². The second-order valence-electron chi connectivity index (χ2n) is 6.52. The van der Waals surface area contributed by atoms with E-state index in [9.17, 15) is 4.79 Å². The summed E-state index contributed by atoms with van der Waals surface area (Å²) in [6.07, 6.45) is 4.12. The fraction of sp³-hybridized carbons (Fsp3) is 0.800. The molecule has 1 saturated carbocycles. The van der Waals surface area contributed by atoms with Crippen molar-refractivity contribution in [2.24, 2.45) is 17.3 Å². The summed E-state index contributed by atoms with van der Waals surface area (Å²) in [6.45, 7) is 12.3. The van der Waals surface area contributed by atoms with Gasteiger partial charge in [-0.2, -0.15) is 0 Å².